The number of amides is 1. The van der Waals surface area contributed by atoms with Crippen LogP contribution in [0.4, 0.5) is 0 Å². The lowest BCUT2D eigenvalue weighted by molar-refractivity contribution is -0.120. The summed E-state index contributed by atoms with van der Waals surface area (Å²) in [6.45, 7) is 6.05. The molecule has 0 bridgehead atoms. The minimum atomic E-state index is 0.0242. The van der Waals surface area contributed by atoms with Crippen molar-refractivity contribution >= 4 is 5.91 Å². The molecular weight excluding hydrogens is 268 g/mol. The van der Waals surface area contributed by atoms with Crippen molar-refractivity contribution in [1.29, 1.82) is 0 Å². The van der Waals surface area contributed by atoms with E-state index >= 15 is 0 Å². The molecule has 0 spiro atoms. The molecule has 5 heteroatoms. The molecule has 0 aliphatic rings. The second kappa shape index (κ2) is 9.23. The highest BCUT2D eigenvalue weighted by molar-refractivity contribution is 5.77. The van der Waals surface area contributed by atoms with Crippen molar-refractivity contribution < 1.29 is 14.3 Å². The van der Waals surface area contributed by atoms with Gasteiger partial charge < -0.3 is 20.1 Å². The first-order chi connectivity index (χ1) is 10.1. The van der Waals surface area contributed by atoms with E-state index in [-0.39, 0.29) is 5.91 Å². The summed E-state index contributed by atoms with van der Waals surface area (Å²) in [5, 5.41) is 6.02. The van der Waals surface area contributed by atoms with E-state index in [2.05, 4.69) is 24.5 Å². The SMILES string of the molecule is COc1ccc(CCNC(=O)CNCC(C)C)cc1OC. The van der Waals surface area contributed by atoms with Crippen molar-refractivity contribution in [3.8, 4) is 11.5 Å². The van der Waals surface area contributed by atoms with E-state index < -0.39 is 0 Å². The zero-order valence-corrected chi connectivity index (χ0v) is 13.4. The van der Waals surface area contributed by atoms with Crippen LogP contribution in [0.2, 0.25) is 0 Å². The lowest BCUT2D eigenvalue weighted by Crippen LogP contribution is -2.36. The van der Waals surface area contributed by atoms with Gasteiger partial charge in [0.25, 0.3) is 0 Å². The van der Waals surface area contributed by atoms with Gasteiger partial charge in [-0.2, -0.15) is 0 Å². The van der Waals surface area contributed by atoms with Crippen LogP contribution in [0, 0.1) is 5.92 Å². The molecule has 1 amide bonds. The maximum atomic E-state index is 11.6. The highest BCUT2D eigenvalue weighted by Crippen LogP contribution is 2.27. The van der Waals surface area contributed by atoms with Crippen molar-refractivity contribution in [2.45, 2.75) is 20.3 Å². The van der Waals surface area contributed by atoms with E-state index in [4.69, 9.17) is 9.47 Å². The molecule has 0 aliphatic carbocycles. The van der Waals surface area contributed by atoms with Crippen molar-refractivity contribution in [2.24, 2.45) is 5.92 Å². The van der Waals surface area contributed by atoms with Crippen LogP contribution < -0.4 is 20.1 Å². The van der Waals surface area contributed by atoms with Gasteiger partial charge in [-0.25, -0.2) is 0 Å². The quantitative estimate of drug-likeness (QED) is 0.726. The molecule has 0 atom stereocenters. The summed E-state index contributed by atoms with van der Waals surface area (Å²) in [5.41, 5.74) is 1.10. The summed E-state index contributed by atoms with van der Waals surface area (Å²) in [6, 6.07) is 5.78. The number of carbonyl (C=O) groups excluding carboxylic acids is 1. The predicted octanol–water partition coefficient (Wildman–Crippen LogP) is 1.61. The number of carbonyl (C=O) groups is 1. The highest BCUT2D eigenvalue weighted by Gasteiger charge is 2.05. The normalized spacial score (nSPS) is 10.5. The molecule has 2 N–H and O–H groups in total. The smallest absolute Gasteiger partial charge is 0.233 e. The molecule has 0 saturated carbocycles. The van der Waals surface area contributed by atoms with Gasteiger partial charge in [-0.3, -0.25) is 4.79 Å². The van der Waals surface area contributed by atoms with Crippen LogP contribution in [0.25, 0.3) is 0 Å². The van der Waals surface area contributed by atoms with E-state index in [0.29, 0.717) is 30.5 Å². The van der Waals surface area contributed by atoms with E-state index in [1.807, 2.05) is 18.2 Å². The Bertz CT molecular complexity index is 447. The third-order valence-electron chi connectivity index (χ3n) is 3.02. The summed E-state index contributed by atoms with van der Waals surface area (Å²) in [6.07, 6.45) is 0.760. The molecule has 0 unspecified atom stereocenters. The van der Waals surface area contributed by atoms with Gasteiger partial charge >= 0.3 is 0 Å². The van der Waals surface area contributed by atoms with Crippen LogP contribution in [0.5, 0.6) is 11.5 Å². The Hall–Kier alpha value is -1.75. The number of rotatable bonds is 9. The van der Waals surface area contributed by atoms with E-state index in [0.717, 1.165) is 18.5 Å². The van der Waals surface area contributed by atoms with E-state index in [1.54, 1.807) is 14.2 Å². The Balaban J connectivity index is 2.33. The number of ether oxygens (including phenoxy) is 2. The van der Waals surface area contributed by atoms with E-state index in [9.17, 15) is 4.79 Å². The van der Waals surface area contributed by atoms with Crippen LogP contribution in [0.15, 0.2) is 18.2 Å². The van der Waals surface area contributed by atoms with Crippen LogP contribution in [-0.2, 0) is 11.2 Å². The van der Waals surface area contributed by atoms with Crippen LogP contribution in [0.3, 0.4) is 0 Å². The third-order valence-corrected chi connectivity index (χ3v) is 3.02. The molecule has 0 aromatic heterocycles. The van der Waals surface area contributed by atoms with Gasteiger partial charge in [0.05, 0.1) is 20.8 Å². The molecule has 0 fully saturated rings. The molecule has 118 valence electrons. The van der Waals surface area contributed by atoms with Crippen molar-refractivity contribution in [1.82, 2.24) is 10.6 Å². The Labute approximate surface area is 127 Å². The van der Waals surface area contributed by atoms with Crippen molar-refractivity contribution in [3.63, 3.8) is 0 Å². The fraction of sp³-hybridized carbons (Fsp3) is 0.562. The van der Waals surface area contributed by atoms with Gasteiger partial charge in [0.15, 0.2) is 11.5 Å². The molecule has 0 aliphatic heterocycles. The second-order valence-electron chi connectivity index (χ2n) is 5.31. The summed E-state index contributed by atoms with van der Waals surface area (Å²) in [5.74, 6) is 1.99. The first kappa shape index (κ1) is 17.3. The summed E-state index contributed by atoms with van der Waals surface area (Å²) in [7, 11) is 3.23. The Morgan fingerprint density at radius 3 is 2.52 bits per heavy atom. The maximum absolute atomic E-state index is 11.6. The van der Waals surface area contributed by atoms with Crippen LogP contribution in [0.1, 0.15) is 19.4 Å². The molecule has 0 saturated heterocycles. The molecule has 1 aromatic rings. The zero-order valence-electron chi connectivity index (χ0n) is 13.4. The van der Waals surface area contributed by atoms with Gasteiger partial charge in [0.1, 0.15) is 0 Å². The number of hydrogen-bond donors (Lipinski definition) is 2. The monoisotopic (exact) mass is 294 g/mol. The summed E-state index contributed by atoms with van der Waals surface area (Å²) >= 11 is 0. The minimum absolute atomic E-state index is 0.0242. The summed E-state index contributed by atoms with van der Waals surface area (Å²) in [4.78, 5) is 11.6. The average molecular weight is 294 g/mol. The van der Waals surface area contributed by atoms with Gasteiger partial charge in [0.2, 0.25) is 5.91 Å². The molecule has 5 nitrogen and oxygen atoms in total. The van der Waals surface area contributed by atoms with E-state index in [1.165, 1.54) is 0 Å². The largest absolute Gasteiger partial charge is 0.493 e. The topological polar surface area (TPSA) is 59.6 Å². The van der Waals surface area contributed by atoms with Gasteiger partial charge in [-0.1, -0.05) is 19.9 Å². The second-order valence-corrected chi connectivity index (χ2v) is 5.31. The van der Waals surface area contributed by atoms with Gasteiger partial charge in [-0.05, 0) is 36.6 Å². The number of nitrogens with one attached hydrogen (secondary N) is 2. The number of benzene rings is 1. The van der Waals surface area contributed by atoms with Gasteiger partial charge in [-0.15, -0.1) is 0 Å². The lowest BCUT2D eigenvalue weighted by atomic mass is 10.1. The molecule has 1 aromatic carbocycles. The fourth-order valence-corrected chi connectivity index (χ4v) is 1.92. The predicted molar refractivity (Wildman–Crippen MR) is 84.0 cm³/mol. The third kappa shape index (κ3) is 6.49. The molecule has 1 rings (SSSR count). The maximum Gasteiger partial charge on any atom is 0.233 e. The minimum Gasteiger partial charge on any atom is -0.493 e. The lowest BCUT2D eigenvalue weighted by Gasteiger charge is -2.10. The number of methoxy groups -OCH3 is 2. The summed E-state index contributed by atoms with van der Waals surface area (Å²) < 4.78 is 10.5. The Morgan fingerprint density at radius 2 is 1.90 bits per heavy atom. The Morgan fingerprint density at radius 1 is 1.19 bits per heavy atom. The van der Waals surface area contributed by atoms with Gasteiger partial charge in [0, 0.05) is 6.54 Å². The van der Waals surface area contributed by atoms with Crippen molar-refractivity contribution in [3.05, 3.63) is 23.8 Å². The van der Waals surface area contributed by atoms with Crippen molar-refractivity contribution in [2.75, 3.05) is 33.9 Å². The first-order valence-electron chi connectivity index (χ1n) is 7.25. The zero-order chi connectivity index (χ0) is 15.7. The van der Waals surface area contributed by atoms with Crippen LogP contribution in [-0.4, -0.2) is 39.8 Å². The number of hydrogen-bond acceptors (Lipinski definition) is 4. The molecule has 0 heterocycles. The molecular formula is C16H26N2O3. The molecule has 21 heavy (non-hydrogen) atoms. The Kier molecular flexibility index (Phi) is 7.61. The van der Waals surface area contributed by atoms with Crippen LogP contribution >= 0.6 is 0 Å². The first-order valence-corrected chi connectivity index (χ1v) is 7.25. The standard InChI is InChI=1S/C16H26N2O3/c1-12(2)10-17-11-16(19)18-8-7-13-5-6-14(20-3)15(9-13)21-4/h5-6,9,12,17H,7-8,10-11H2,1-4H3,(H,18,19). The average Bonchev–Trinajstić information content (AvgIpc) is 2.46. The highest BCUT2D eigenvalue weighted by atomic mass is 16.5. The molecule has 0 radical (unpaired) electrons. The fourth-order valence-electron chi connectivity index (χ4n) is 1.92.